The fraction of sp³-hybridized carbons (Fsp3) is 0.938. The third kappa shape index (κ3) is 3.76. The summed E-state index contributed by atoms with van der Waals surface area (Å²) >= 11 is 0. The minimum absolute atomic E-state index is 0.0805. The Morgan fingerprint density at radius 1 is 1.29 bits per heavy atom. The second-order valence-corrected chi connectivity index (χ2v) is 6.59. The van der Waals surface area contributed by atoms with Gasteiger partial charge in [0.1, 0.15) is 5.54 Å². The number of hydrogen-bond acceptors (Lipinski definition) is 5. The maximum Gasteiger partial charge on any atom is 0.326 e. The van der Waals surface area contributed by atoms with Crippen molar-refractivity contribution >= 4 is 5.97 Å². The zero-order valence-electron chi connectivity index (χ0n) is 13.9. The molecule has 5 nitrogen and oxygen atoms in total. The molecule has 0 aromatic heterocycles. The number of esters is 1. The summed E-state index contributed by atoms with van der Waals surface area (Å²) in [6.07, 6.45) is 5.48. The van der Waals surface area contributed by atoms with Gasteiger partial charge in [-0.25, -0.2) is 0 Å². The van der Waals surface area contributed by atoms with Gasteiger partial charge in [-0.05, 0) is 65.3 Å². The van der Waals surface area contributed by atoms with E-state index in [1.165, 1.54) is 26.6 Å². The lowest BCUT2D eigenvalue weighted by Crippen LogP contribution is -2.54. The summed E-state index contributed by atoms with van der Waals surface area (Å²) < 4.78 is 5.06. The van der Waals surface area contributed by atoms with Gasteiger partial charge in [0, 0.05) is 13.1 Å². The Labute approximate surface area is 129 Å². The lowest BCUT2D eigenvalue weighted by molar-refractivity contribution is -0.150. The molecule has 2 rings (SSSR count). The Hall–Kier alpha value is -0.650. The molecule has 122 valence electrons. The molecule has 0 radical (unpaired) electrons. The van der Waals surface area contributed by atoms with Crippen molar-refractivity contribution in [3.05, 3.63) is 0 Å². The van der Waals surface area contributed by atoms with Crippen molar-refractivity contribution in [1.82, 2.24) is 15.1 Å². The van der Waals surface area contributed by atoms with E-state index in [0.29, 0.717) is 5.92 Å². The van der Waals surface area contributed by atoms with E-state index in [1.54, 1.807) is 0 Å². The number of nitrogens with one attached hydrogen (secondary N) is 1. The molecule has 2 atom stereocenters. The Balaban J connectivity index is 1.90. The minimum atomic E-state index is -0.447. The van der Waals surface area contributed by atoms with E-state index in [2.05, 4.69) is 22.2 Å². The van der Waals surface area contributed by atoms with Crippen LogP contribution in [0.25, 0.3) is 0 Å². The van der Waals surface area contributed by atoms with Gasteiger partial charge in [0.25, 0.3) is 0 Å². The SMILES string of the molecule is CNC1(C(=O)OC)CCCC1CCN1CCCN(C)CC1. The van der Waals surface area contributed by atoms with Crippen LogP contribution in [0.1, 0.15) is 32.1 Å². The summed E-state index contributed by atoms with van der Waals surface area (Å²) in [4.78, 5) is 17.2. The van der Waals surface area contributed by atoms with Crippen molar-refractivity contribution in [2.24, 2.45) is 5.92 Å². The average Bonchev–Trinajstić information content (AvgIpc) is 2.81. The van der Waals surface area contributed by atoms with Gasteiger partial charge >= 0.3 is 5.97 Å². The highest BCUT2D eigenvalue weighted by Crippen LogP contribution is 2.38. The third-order valence-corrected chi connectivity index (χ3v) is 5.42. The molecule has 2 unspecified atom stereocenters. The molecule has 1 saturated carbocycles. The standard InChI is InChI=1S/C16H31N3O2/c1-17-16(15(20)21-3)8-4-6-14(16)7-11-19-10-5-9-18(2)12-13-19/h14,17H,4-13H2,1-3H3. The van der Waals surface area contributed by atoms with Crippen molar-refractivity contribution < 1.29 is 9.53 Å². The van der Waals surface area contributed by atoms with Crippen LogP contribution in [0.5, 0.6) is 0 Å². The average molecular weight is 297 g/mol. The largest absolute Gasteiger partial charge is 0.468 e. The van der Waals surface area contributed by atoms with Crippen LogP contribution >= 0.6 is 0 Å². The molecule has 1 saturated heterocycles. The van der Waals surface area contributed by atoms with Gasteiger partial charge in [0.15, 0.2) is 0 Å². The fourth-order valence-corrected chi connectivity index (χ4v) is 4.01. The summed E-state index contributed by atoms with van der Waals surface area (Å²) in [7, 11) is 5.60. The summed E-state index contributed by atoms with van der Waals surface area (Å²) in [5.74, 6) is 0.319. The number of carbonyl (C=O) groups is 1. The van der Waals surface area contributed by atoms with Crippen LogP contribution in [-0.4, -0.2) is 75.2 Å². The van der Waals surface area contributed by atoms with Crippen molar-refractivity contribution in [1.29, 1.82) is 0 Å². The van der Waals surface area contributed by atoms with Crippen LogP contribution in [-0.2, 0) is 9.53 Å². The molecule has 5 heteroatoms. The summed E-state index contributed by atoms with van der Waals surface area (Å²) in [6.45, 7) is 5.77. The molecule has 2 fully saturated rings. The van der Waals surface area contributed by atoms with Gasteiger partial charge in [-0.15, -0.1) is 0 Å². The number of ether oxygens (including phenoxy) is 1. The van der Waals surface area contributed by atoms with Gasteiger partial charge in [0.2, 0.25) is 0 Å². The van der Waals surface area contributed by atoms with Crippen LogP contribution in [0.4, 0.5) is 0 Å². The molecule has 0 aromatic carbocycles. The molecule has 1 heterocycles. The number of methoxy groups -OCH3 is 1. The van der Waals surface area contributed by atoms with E-state index >= 15 is 0 Å². The predicted octanol–water partition coefficient (Wildman–Crippen LogP) is 0.945. The van der Waals surface area contributed by atoms with Crippen LogP contribution in [0, 0.1) is 5.92 Å². The van der Waals surface area contributed by atoms with E-state index in [-0.39, 0.29) is 5.97 Å². The van der Waals surface area contributed by atoms with Gasteiger partial charge in [0.05, 0.1) is 7.11 Å². The van der Waals surface area contributed by atoms with E-state index in [4.69, 9.17) is 4.74 Å². The van der Waals surface area contributed by atoms with E-state index in [0.717, 1.165) is 45.3 Å². The summed E-state index contributed by atoms with van der Waals surface area (Å²) in [5, 5.41) is 3.28. The Morgan fingerprint density at radius 2 is 2.10 bits per heavy atom. The molecule has 0 bridgehead atoms. The number of nitrogens with zero attached hydrogens (tertiary/aromatic N) is 2. The first-order chi connectivity index (χ1) is 10.1. The van der Waals surface area contributed by atoms with Crippen molar-refractivity contribution in [2.45, 2.75) is 37.6 Å². The normalized spacial score (nSPS) is 32.0. The Morgan fingerprint density at radius 3 is 2.81 bits per heavy atom. The fourth-order valence-electron chi connectivity index (χ4n) is 4.01. The van der Waals surface area contributed by atoms with Crippen LogP contribution < -0.4 is 5.32 Å². The van der Waals surface area contributed by atoms with E-state index in [1.807, 2.05) is 7.05 Å². The predicted molar refractivity (Wildman–Crippen MR) is 84.3 cm³/mol. The van der Waals surface area contributed by atoms with Gasteiger partial charge in [-0.2, -0.15) is 0 Å². The van der Waals surface area contributed by atoms with Gasteiger partial charge in [-0.3, -0.25) is 4.79 Å². The number of rotatable bonds is 5. The number of likely N-dealkylation sites (N-methyl/N-ethyl adjacent to an activating group) is 2. The maximum absolute atomic E-state index is 12.2. The highest BCUT2D eigenvalue weighted by molar-refractivity contribution is 5.81. The van der Waals surface area contributed by atoms with Crippen LogP contribution in [0.15, 0.2) is 0 Å². The smallest absolute Gasteiger partial charge is 0.326 e. The minimum Gasteiger partial charge on any atom is -0.468 e. The molecular weight excluding hydrogens is 266 g/mol. The van der Waals surface area contributed by atoms with Crippen molar-refractivity contribution in [2.75, 3.05) is 53.9 Å². The summed E-state index contributed by atoms with van der Waals surface area (Å²) in [6, 6.07) is 0. The van der Waals surface area contributed by atoms with Crippen LogP contribution in [0.3, 0.4) is 0 Å². The van der Waals surface area contributed by atoms with E-state index < -0.39 is 5.54 Å². The second kappa shape index (κ2) is 7.56. The molecule has 2 aliphatic rings. The highest BCUT2D eigenvalue weighted by atomic mass is 16.5. The molecule has 1 aliphatic carbocycles. The van der Waals surface area contributed by atoms with Gasteiger partial charge < -0.3 is 19.9 Å². The quantitative estimate of drug-likeness (QED) is 0.765. The van der Waals surface area contributed by atoms with Crippen LogP contribution in [0.2, 0.25) is 0 Å². The number of carbonyl (C=O) groups excluding carboxylic acids is 1. The Bertz CT molecular complexity index is 350. The highest BCUT2D eigenvalue weighted by Gasteiger charge is 2.48. The van der Waals surface area contributed by atoms with Crippen molar-refractivity contribution in [3.63, 3.8) is 0 Å². The zero-order chi connectivity index (χ0) is 15.3. The maximum atomic E-state index is 12.2. The lowest BCUT2D eigenvalue weighted by Gasteiger charge is -2.33. The molecule has 0 amide bonds. The zero-order valence-corrected chi connectivity index (χ0v) is 13.9. The lowest BCUT2D eigenvalue weighted by atomic mass is 9.84. The first kappa shape index (κ1) is 16.7. The molecular formula is C16H31N3O2. The molecule has 0 spiro atoms. The van der Waals surface area contributed by atoms with Crippen molar-refractivity contribution in [3.8, 4) is 0 Å². The Kier molecular flexibility index (Phi) is 6.02. The van der Waals surface area contributed by atoms with Gasteiger partial charge in [-0.1, -0.05) is 6.42 Å². The second-order valence-electron chi connectivity index (χ2n) is 6.59. The molecule has 1 aliphatic heterocycles. The number of hydrogen-bond donors (Lipinski definition) is 1. The molecule has 21 heavy (non-hydrogen) atoms. The van der Waals surface area contributed by atoms with E-state index in [9.17, 15) is 4.79 Å². The third-order valence-electron chi connectivity index (χ3n) is 5.42. The molecule has 0 aromatic rings. The first-order valence-electron chi connectivity index (χ1n) is 8.30. The first-order valence-corrected chi connectivity index (χ1v) is 8.30. The topological polar surface area (TPSA) is 44.8 Å². The summed E-state index contributed by atoms with van der Waals surface area (Å²) in [5.41, 5.74) is -0.447. The monoisotopic (exact) mass is 297 g/mol. The molecule has 1 N–H and O–H groups in total.